The fourth-order valence-corrected chi connectivity index (χ4v) is 12.6. The van der Waals surface area contributed by atoms with Gasteiger partial charge in [-0.15, -0.1) is 0 Å². The Balaban J connectivity index is 1.33. The molecule has 1 N–H and O–H groups in total. The number of likely N-dealkylation sites (N-methyl/N-ethyl adjacent to an activating group) is 1. The van der Waals surface area contributed by atoms with Crippen LogP contribution in [0.5, 0.6) is 23.0 Å². The molecule has 1 spiro atoms. The monoisotopic (exact) mass is 676 g/mol. The average molecular weight is 677 g/mol. The van der Waals surface area contributed by atoms with Crippen molar-refractivity contribution in [1.82, 2.24) is 9.80 Å². The molecule has 0 aromatic heterocycles. The van der Waals surface area contributed by atoms with Gasteiger partial charge in [-0.25, -0.2) is 4.79 Å². The van der Waals surface area contributed by atoms with Crippen molar-refractivity contribution in [3.05, 3.63) is 71.7 Å². The molecule has 5 heterocycles. The highest BCUT2D eigenvalue weighted by molar-refractivity contribution is 9.26. The fourth-order valence-electron chi connectivity index (χ4n) is 5.35. The maximum Gasteiger partial charge on any atom is 0.338 e. The van der Waals surface area contributed by atoms with Gasteiger partial charge in [0.1, 0.15) is 24.5 Å². The summed E-state index contributed by atoms with van der Waals surface area (Å²) in [5.74, 6) is -0.603. The second-order valence-electron chi connectivity index (χ2n) is 9.78. The van der Waals surface area contributed by atoms with Gasteiger partial charge in [0.05, 0.1) is 32.3 Å². The third-order valence-corrected chi connectivity index (χ3v) is 14.4. The van der Waals surface area contributed by atoms with Crippen molar-refractivity contribution in [3.8, 4) is 23.0 Å². The summed E-state index contributed by atoms with van der Waals surface area (Å²) in [6.07, 6.45) is 2.17. The molecular formula is C28H24N2O10S4. The number of carbonyl (C=O) groups is 4. The molecule has 0 radical (unpaired) electrons. The number of carbonyl (C=O) groups excluding carboxylic acids is 4. The molecular weight excluding hydrogens is 653 g/mol. The number of amides is 2. The van der Waals surface area contributed by atoms with E-state index in [0.29, 0.717) is 23.3 Å². The Labute approximate surface area is 266 Å². The quantitative estimate of drug-likeness (QED) is 0.256. The number of esters is 1. The predicted octanol–water partition coefficient (Wildman–Crippen LogP) is 4.02. The molecule has 4 fully saturated rings. The van der Waals surface area contributed by atoms with Gasteiger partial charge in [-0.3, -0.25) is 14.4 Å². The first-order chi connectivity index (χ1) is 21.2. The molecule has 7 rings (SSSR count). The lowest BCUT2D eigenvalue weighted by Gasteiger charge is -2.50. The molecule has 16 heteroatoms. The van der Waals surface area contributed by atoms with Gasteiger partial charge in [0.15, 0.2) is 28.4 Å². The SMILES string of the molecule is COc1ccc(C=O)cc1Oc1cc(C(=O)O[C@H]2C=COC=C3[C@@H](O)[C@]45SSSS[C@@H](C(=O)N4[C@@H]32)N(C)C5=O)ccc1OC. The van der Waals surface area contributed by atoms with Gasteiger partial charge in [-0.05, 0) is 83.7 Å². The number of benzene rings is 2. The van der Waals surface area contributed by atoms with Crippen LogP contribution in [0.25, 0.3) is 0 Å². The molecule has 44 heavy (non-hydrogen) atoms. The van der Waals surface area contributed by atoms with E-state index in [1.165, 1.54) is 104 Å². The van der Waals surface area contributed by atoms with Gasteiger partial charge in [0.2, 0.25) is 4.87 Å². The zero-order chi connectivity index (χ0) is 31.2. The molecule has 0 aliphatic carbocycles. The van der Waals surface area contributed by atoms with Gasteiger partial charge in [-0.2, -0.15) is 0 Å². The van der Waals surface area contributed by atoms with E-state index in [2.05, 4.69) is 0 Å². The molecule has 2 aromatic carbocycles. The molecule has 0 saturated carbocycles. The minimum Gasteiger partial charge on any atom is -0.493 e. The number of aliphatic hydroxyl groups excluding tert-OH is 1. The highest BCUT2D eigenvalue weighted by Gasteiger charge is 2.70. The summed E-state index contributed by atoms with van der Waals surface area (Å²) in [6.45, 7) is 0. The minimum atomic E-state index is -1.67. The molecule has 5 aliphatic heterocycles. The normalized spacial score (nSPS) is 27.2. The lowest BCUT2D eigenvalue weighted by Crippen LogP contribution is -2.71. The summed E-state index contributed by atoms with van der Waals surface area (Å²) >= 11 is 0. The molecule has 2 bridgehead atoms. The third kappa shape index (κ3) is 4.88. The van der Waals surface area contributed by atoms with Gasteiger partial charge >= 0.3 is 5.97 Å². The van der Waals surface area contributed by atoms with Crippen LogP contribution >= 0.6 is 41.2 Å². The van der Waals surface area contributed by atoms with Crippen LogP contribution in [0.4, 0.5) is 0 Å². The lowest BCUT2D eigenvalue weighted by atomic mass is 10.0. The van der Waals surface area contributed by atoms with Crippen LogP contribution < -0.4 is 14.2 Å². The molecule has 4 saturated heterocycles. The smallest absolute Gasteiger partial charge is 0.338 e. The van der Waals surface area contributed by atoms with E-state index < -0.39 is 46.3 Å². The largest absolute Gasteiger partial charge is 0.493 e. The summed E-state index contributed by atoms with van der Waals surface area (Å²) < 4.78 is 28.2. The number of nitrogens with zero attached hydrogens (tertiary/aromatic N) is 2. The van der Waals surface area contributed by atoms with Gasteiger partial charge < -0.3 is 38.6 Å². The predicted molar refractivity (Wildman–Crippen MR) is 165 cm³/mol. The standard InChI is InChI=1S/C28H24N2O10S4/c1-29-25-24(33)30-22-16(23(32)28(30,27(29)35)42-44-43-41-25)13-38-9-8-19(22)40-26(34)15-5-7-18(37-3)21(11-15)39-20-10-14(12-31)4-6-17(20)36-2/h4-13,19,22-23,25,32H,1-3H3/t19-,22-,23+,25-,28+/m0/s1. The third-order valence-electron chi connectivity index (χ3n) is 7.46. The summed E-state index contributed by atoms with van der Waals surface area (Å²) in [6, 6.07) is 8.04. The second kappa shape index (κ2) is 12.2. The number of fused-ring (bicyclic) bond motifs is 5. The number of piperazine rings is 1. The summed E-state index contributed by atoms with van der Waals surface area (Å²) in [5.41, 5.74) is 0.662. The van der Waals surface area contributed by atoms with Gasteiger partial charge in [0, 0.05) is 18.2 Å². The van der Waals surface area contributed by atoms with Crippen LogP contribution in [-0.2, 0) is 19.1 Å². The first-order valence-electron chi connectivity index (χ1n) is 12.9. The summed E-state index contributed by atoms with van der Waals surface area (Å²) in [4.78, 5) is 53.5. The molecule has 2 amide bonds. The molecule has 5 atom stereocenters. The van der Waals surface area contributed by atoms with Crippen molar-refractivity contribution in [1.29, 1.82) is 0 Å². The lowest BCUT2D eigenvalue weighted by molar-refractivity contribution is -0.162. The average Bonchev–Trinajstić information content (AvgIpc) is 3.12. The Kier molecular flexibility index (Phi) is 8.45. The zero-order valence-electron chi connectivity index (χ0n) is 23.2. The molecule has 230 valence electrons. The van der Waals surface area contributed by atoms with Crippen molar-refractivity contribution in [2.75, 3.05) is 21.3 Å². The molecule has 12 nitrogen and oxygen atoms in total. The number of methoxy groups -OCH3 is 2. The van der Waals surface area contributed by atoms with Crippen molar-refractivity contribution < 1.29 is 48.0 Å². The molecule has 5 aliphatic rings. The van der Waals surface area contributed by atoms with E-state index in [9.17, 15) is 24.3 Å². The maximum absolute atomic E-state index is 13.9. The Hall–Kier alpha value is -3.44. The van der Waals surface area contributed by atoms with E-state index in [4.69, 9.17) is 23.7 Å². The number of hydrogen-bond acceptors (Lipinski definition) is 14. The number of aldehydes is 1. The van der Waals surface area contributed by atoms with Crippen LogP contribution in [0.1, 0.15) is 20.7 Å². The van der Waals surface area contributed by atoms with Crippen LogP contribution in [-0.4, -0.2) is 88.7 Å². The van der Waals surface area contributed by atoms with Crippen molar-refractivity contribution in [3.63, 3.8) is 0 Å². The van der Waals surface area contributed by atoms with Crippen molar-refractivity contribution in [2.45, 2.75) is 28.5 Å². The molecule has 0 unspecified atom stereocenters. The first kappa shape index (κ1) is 30.6. The van der Waals surface area contributed by atoms with Gasteiger partial charge in [-0.1, -0.05) is 0 Å². The van der Waals surface area contributed by atoms with E-state index >= 15 is 0 Å². The van der Waals surface area contributed by atoms with Crippen LogP contribution in [0, 0.1) is 0 Å². The van der Waals surface area contributed by atoms with E-state index in [0.717, 1.165) is 10.8 Å². The maximum atomic E-state index is 13.9. The number of aliphatic hydroxyl groups is 1. The highest BCUT2D eigenvalue weighted by Crippen LogP contribution is 2.62. The van der Waals surface area contributed by atoms with E-state index in [1.54, 1.807) is 12.1 Å². The number of rotatable bonds is 7. The topological polar surface area (TPSA) is 141 Å². The Bertz CT molecular complexity index is 1600. The van der Waals surface area contributed by atoms with Crippen LogP contribution in [0.3, 0.4) is 0 Å². The Morgan fingerprint density at radius 2 is 1.77 bits per heavy atom. The number of hydrogen-bond donors (Lipinski definition) is 1. The van der Waals surface area contributed by atoms with E-state index in [1.807, 2.05) is 0 Å². The zero-order valence-corrected chi connectivity index (χ0v) is 26.5. The van der Waals surface area contributed by atoms with Crippen molar-refractivity contribution in [2.24, 2.45) is 0 Å². The van der Waals surface area contributed by atoms with Gasteiger partial charge in [0.25, 0.3) is 11.8 Å². The molecule has 2 aromatic rings. The van der Waals surface area contributed by atoms with Crippen LogP contribution in [0.15, 0.2) is 60.6 Å². The second-order valence-corrected chi connectivity index (χ2v) is 15.8. The summed E-state index contributed by atoms with van der Waals surface area (Å²) in [7, 11) is 9.37. The Morgan fingerprint density at radius 3 is 2.50 bits per heavy atom. The number of ether oxygens (including phenoxy) is 5. The van der Waals surface area contributed by atoms with E-state index in [-0.39, 0.29) is 22.6 Å². The highest BCUT2D eigenvalue weighted by atomic mass is 33.7. The first-order valence-corrected chi connectivity index (χ1v) is 17.8. The fraction of sp³-hybridized carbons (Fsp3) is 0.286. The van der Waals surface area contributed by atoms with Crippen molar-refractivity contribution >= 4 is 65.3 Å². The summed E-state index contributed by atoms with van der Waals surface area (Å²) in [5, 5.41) is 10.7. The Morgan fingerprint density at radius 1 is 1.05 bits per heavy atom. The van der Waals surface area contributed by atoms with Crippen LogP contribution in [0.2, 0.25) is 0 Å². The minimum absolute atomic E-state index is 0.0804.